The Hall–Kier alpha value is -1.75. The second-order valence-electron chi connectivity index (χ2n) is 5.46. The van der Waals surface area contributed by atoms with Crippen LogP contribution < -0.4 is 0 Å². The van der Waals surface area contributed by atoms with Crippen molar-refractivity contribution < 1.29 is 14.6 Å². The van der Waals surface area contributed by atoms with Gasteiger partial charge in [-0.15, -0.1) is 0 Å². The van der Waals surface area contributed by atoms with E-state index in [1.807, 2.05) is 26.0 Å². The molecule has 1 N–H and O–H groups in total. The van der Waals surface area contributed by atoms with Crippen molar-refractivity contribution in [1.82, 2.24) is 9.80 Å². The summed E-state index contributed by atoms with van der Waals surface area (Å²) in [6, 6.07) is 5.92. The normalized spacial score (nSPS) is 17.6. The fourth-order valence-corrected chi connectivity index (χ4v) is 2.71. The smallest absolute Gasteiger partial charge is 0.409 e. The lowest BCUT2D eigenvalue weighted by Crippen LogP contribution is -2.49. The maximum atomic E-state index is 11.7. The largest absolute Gasteiger partial charge is 0.508 e. The number of aromatic hydroxyl groups is 1. The Morgan fingerprint density at radius 1 is 1.33 bits per heavy atom. The summed E-state index contributed by atoms with van der Waals surface area (Å²) in [4.78, 5) is 15.7. The van der Waals surface area contributed by atoms with Gasteiger partial charge in [0.2, 0.25) is 0 Å². The predicted molar refractivity (Wildman–Crippen MR) is 81.4 cm³/mol. The summed E-state index contributed by atoms with van der Waals surface area (Å²) >= 11 is 0. The Kier molecular flexibility index (Phi) is 5.07. The molecular formula is C16H24N2O3. The van der Waals surface area contributed by atoms with Crippen molar-refractivity contribution in [1.29, 1.82) is 0 Å². The highest BCUT2D eigenvalue weighted by Gasteiger charge is 2.26. The molecule has 1 aromatic rings. The van der Waals surface area contributed by atoms with Gasteiger partial charge in [-0.1, -0.05) is 12.1 Å². The highest BCUT2D eigenvalue weighted by atomic mass is 16.6. The van der Waals surface area contributed by atoms with Crippen molar-refractivity contribution in [2.75, 3.05) is 32.8 Å². The van der Waals surface area contributed by atoms with Gasteiger partial charge < -0.3 is 14.7 Å². The third kappa shape index (κ3) is 3.67. The molecule has 1 atom stereocenters. The molecule has 1 aromatic carbocycles. The van der Waals surface area contributed by atoms with E-state index >= 15 is 0 Å². The van der Waals surface area contributed by atoms with Crippen molar-refractivity contribution >= 4 is 6.09 Å². The van der Waals surface area contributed by atoms with Crippen LogP contribution in [0.4, 0.5) is 4.79 Å². The van der Waals surface area contributed by atoms with Crippen LogP contribution >= 0.6 is 0 Å². The van der Waals surface area contributed by atoms with Crippen LogP contribution in [0, 0.1) is 6.92 Å². The number of nitrogens with zero attached hydrogens (tertiary/aromatic N) is 2. The standard InChI is InChI=1S/C16H24N2O3/c1-4-21-16(20)18-9-7-17(8-10-18)13(3)14-6-5-12(2)11-15(14)19/h5-6,11,13,19H,4,7-10H2,1-3H3. The SMILES string of the molecule is CCOC(=O)N1CCN(C(C)c2ccc(C)cc2O)CC1. The Balaban J connectivity index is 1.97. The highest BCUT2D eigenvalue weighted by Crippen LogP contribution is 2.29. The molecule has 5 heteroatoms. The number of phenolic OH excluding ortho intramolecular Hbond substituents is 1. The minimum absolute atomic E-state index is 0.134. The van der Waals surface area contributed by atoms with Crippen LogP contribution in [0.15, 0.2) is 18.2 Å². The first-order valence-corrected chi connectivity index (χ1v) is 7.48. The molecule has 2 rings (SSSR count). The number of rotatable bonds is 3. The summed E-state index contributed by atoms with van der Waals surface area (Å²) in [6.07, 6.45) is -0.233. The zero-order valence-electron chi connectivity index (χ0n) is 13.0. The molecule has 1 heterocycles. The van der Waals surface area contributed by atoms with Gasteiger partial charge in [-0.3, -0.25) is 4.90 Å². The average molecular weight is 292 g/mol. The number of hydrogen-bond acceptors (Lipinski definition) is 4. The molecule has 5 nitrogen and oxygen atoms in total. The fourth-order valence-electron chi connectivity index (χ4n) is 2.71. The van der Waals surface area contributed by atoms with Crippen molar-refractivity contribution in [3.63, 3.8) is 0 Å². The topological polar surface area (TPSA) is 53.0 Å². The minimum Gasteiger partial charge on any atom is -0.508 e. The molecule has 1 aliphatic rings. The Morgan fingerprint density at radius 2 is 2.00 bits per heavy atom. The highest BCUT2D eigenvalue weighted by molar-refractivity contribution is 5.67. The second-order valence-corrected chi connectivity index (χ2v) is 5.46. The molecule has 0 aliphatic carbocycles. The third-order valence-corrected chi connectivity index (χ3v) is 4.02. The van der Waals surface area contributed by atoms with E-state index in [9.17, 15) is 9.90 Å². The average Bonchev–Trinajstić information content (AvgIpc) is 2.47. The van der Waals surface area contributed by atoms with E-state index in [1.54, 1.807) is 11.0 Å². The molecule has 0 saturated carbocycles. The summed E-state index contributed by atoms with van der Waals surface area (Å²) in [5, 5.41) is 10.1. The molecule has 116 valence electrons. The van der Waals surface area contributed by atoms with Gasteiger partial charge in [-0.05, 0) is 32.4 Å². The van der Waals surface area contributed by atoms with E-state index in [2.05, 4.69) is 11.8 Å². The van der Waals surface area contributed by atoms with E-state index in [0.717, 1.165) is 24.2 Å². The number of carbonyl (C=O) groups is 1. The van der Waals surface area contributed by atoms with Crippen LogP contribution in [-0.4, -0.2) is 53.8 Å². The Morgan fingerprint density at radius 3 is 2.57 bits per heavy atom. The lowest BCUT2D eigenvalue weighted by molar-refractivity contribution is 0.0682. The number of piperazine rings is 1. The molecule has 1 fully saturated rings. The third-order valence-electron chi connectivity index (χ3n) is 4.02. The van der Waals surface area contributed by atoms with Crippen LogP contribution in [0.2, 0.25) is 0 Å². The predicted octanol–water partition coefficient (Wildman–Crippen LogP) is 2.54. The molecule has 1 amide bonds. The van der Waals surface area contributed by atoms with E-state index in [-0.39, 0.29) is 12.1 Å². The fraction of sp³-hybridized carbons (Fsp3) is 0.562. The monoisotopic (exact) mass is 292 g/mol. The molecule has 21 heavy (non-hydrogen) atoms. The van der Waals surface area contributed by atoms with Crippen LogP contribution in [0.25, 0.3) is 0 Å². The lowest BCUT2D eigenvalue weighted by Gasteiger charge is -2.37. The number of phenols is 1. The minimum atomic E-state index is -0.233. The van der Waals surface area contributed by atoms with Crippen molar-refractivity contribution in [3.8, 4) is 5.75 Å². The van der Waals surface area contributed by atoms with Gasteiger partial charge in [0, 0.05) is 37.8 Å². The molecule has 0 spiro atoms. The number of hydrogen-bond donors (Lipinski definition) is 1. The summed E-state index contributed by atoms with van der Waals surface area (Å²) in [5.41, 5.74) is 1.99. The molecule has 0 radical (unpaired) electrons. The maximum absolute atomic E-state index is 11.7. The Labute approximate surface area is 126 Å². The number of aryl methyl sites for hydroxylation is 1. The second kappa shape index (κ2) is 6.80. The van der Waals surface area contributed by atoms with Gasteiger partial charge >= 0.3 is 6.09 Å². The first-order valence-electron chi connectivity index (χ1n) is 7.48. The first-order chi connectivity index (χ1) is 10.0. The van der Waals surface area contributed by atoms with Crippen molar-refractivity contribution in [3.05, 3.63) is 29.3 Å². The zero-order valence-corrected chi connectivity index (χ0v) is 13.0. The molecule has 1 saturated heterocycles. The zero-order chi connectivity index (χ0) is 15.4. The van der Waals surface area contributed by atoms with Crippen molar-refractivity contribution in [2.45, 2.75) is 26.8 Å². The molecule has 1 unspecified atom stereocenters. The number of benzene rings is 1. The van der Waals surface area contributed by atoms with E-state index in [4.69, 9.17) is 4.74 Å². The van der Waals surface area contributed by atoms with Gasteiger partial charge in [0.15, 0.2) is 0 Å². The van der Waals surface area contributed by atoms with Crippen LogP contribution in [0.3, 0.4) is 0 Å². The van der Waals surface area contributed by atoms with Gasteiger partial charge in [0.25, 0.3) is 0 Å². The van der Waals surface area contributed by atoms with Gasteiger partial charge in [-0.25, -0.2) is 4.79 Å². The number of amides is 1. The maximum Gasteiger partial charge on any atom is 0.409 e. The molecule has 1 aliphatic heterocycles. The molecule has 0 bridgehead atoms. The molecule has 0 aromatic heterocycles. The van der Waals surface area contributed by atoms with E-state index in [0.29, 0.717) is 25.4 Å². The lowest BCUT2D eigenvalue weighted by atomic mass is 10.0. The van der Waals surface area contributed by atoms with Crippen LogP contribution in [-0.2, 0) is 4.74 Å². The summed E-state index contributed by atoms with van der Waals surface area (Å²) in [5.74, 6) is 0.343. The number of carbonyl (C=O) groups excluding carboxylic acids is 1. The quantitative estimate of drug-likeness (QED) is 0.930. The molecular weight excluding hydrogens is 268 g/mol. The van der Waals surface area contributed by atoms with Crippen molar-refractivity contribution in [2.24, 2.45) is 0 Å². The Bertz CT molecular complexity index is 496. The van der Waals surface area contributed by atoms with Crippen LogP contribution in [0.1, 0.15) is 31.0 Å². The van der Waals surface area contributed by atoms with Gasteiger partial charge in [0.05, 0.1) is 6.61 Å². The number of ether oxygens (including phenoxy) is 1. The summed E-state index contributed by atoms with van der Waals surface area (Å²) < 4.78 is 5.02. The van der Waals surface area contributed by atoms with Gasteiger partial charge in [-0.2, -0.15) is 0 Å². The van der Waals surface area contributed by atoms with E-state index in [1.165, 1.54) is 0 Å². The van der Waals surface area contributed by atoms with E-state index < -0.39 is 0 Å². The summed E-state index contributed by atoms with van der Waals surface area (Å²) in [7, 11) is 0. The summed E-state index contributed by atoms with van der Waals surface area (Å²) in [6.45, 7) is 9.17. The first kappa shape index (κ1) is 15.6. The van der Waals surface area contributed by atoms with Gasteiger partial charge in [0.1, 0.15) is 5.75 Å². The van der Waals surface area contributed by atoms with Crippen LogP contribution in [0.5, 0.6) is 5.75 Å².